The molecule has 3 aromatic rings. The molecule has 0 unspecified atom stereocenters. The van der Waals surface area contributed by atoms with E-state index in [0.29, 0.717) is 11.4 Å². The van der Waals surface area contributed by atoms with Crippen LogP contribution in [-0.4, -0.2) is 16.5 Å². The van der Waals surface area contributed by atoms with Gasteiger partial charge in [-0.25, -0.2) is 4.98 Å². The van der Waals surface area contributed by atoms with Crippen LogP contribution in [0.4, 0.5) is 5.69 Å². The summed E-state index contributed by atoms with van der Waals surface area (Å²) in [7, 11) is 0. The minimum atomic E-state index is -0.255. The molecule has 0 aliphatic rings. The maximum Gasteiger partial charge on any atom is 0.274 e. The smallest absolute Gasteiger partial charge is 0.274 e. The van der Waals surface area contributed by atoms with Crippen molar-refractivity contribution in [3.8, 4) is 5.75 Å². The summed E-state index contributed by atoms with van der Waals surface area (Å²) in [4.78, 5) is 17.1. The molecule has 4 nitrogen and oxygen atoms in total. The van der Waals surface area contributed by atoms with E-state index in [1.54, 1.807) is 0 Å². The van der Waals surface area contributed by atoms with Crippen molar-refractivity contribution in [1.82, 2.24) is 4.98 Å². The number of hydrogen-bond donors (Lipinski definition) is 1. The van der Waals surface area contributed by atoms with Gasteiger partial charge in [-0.3, -0.25) is 4.79 Å². The highest BCUT2D eigenvalue weighted by molar-refractivity contribution is 6.11. The number of fused-ring (bicyclic) bond motifs is 1. The van der Waals surface area contributed by atoms with Crippen molar-refractivity contribution in [1.29, 1.82) is 0 Å². The molecule has 0 spiro atoms. The molecule has 0 atom stereocenters. The number of nitrogens with one attached hydrogen (secondary N) is 1. The van der Waals surface area contributed by atoms with Crippen molar-refractivity contribution in [2.75, 3.05) is 5.32 Å². The average molecular weight is 334 g/mol. The Morgan fingerprint density at radius 2 is 1.72 bits per heavy atom. The van der Waals surface area contributed by atoms with Gasteiger partial charge < -0.3 is 10.1 Å². The third kappa shape index (κ3) is 4.15. The van der Waals surface area contributed by atoms with E-state index in [4.69, 9.17) is 4.74 Å². The van der Waals surface area contributed by atoms with Gasteiger partial charge in [-0.2, -0.15) is 0 Å². The molecule has 25 heavy (non-hydrogen) atoms. The van der Waals surface area contributed by atoms with Crippen LogP contribution in [0.3, 0.4) is 0 Å². The lowest BCUT2D eigenvalue weighted by molar-refractivity contribution is 0.102. The van der Waals surface area contributed by atoms with Crippen LogP contribution in [0.5, 0.6) is 5.75 Å². The van der Waals surface area contributed by atoms with Crippen LogP contribution in [0.25, 0.3) is 10.8 Å². The van der Waals surface area contributed by atoms with Gasteiger partial charge in [0, 0.05) is 16.8 Å². The van der Waals surface area contributed by atoms with Gasteiger partial charge in [0.05, 0.1) is 0 Å². The molecule has 0 aliphatic heterocycles. The monoisotopic (exact) mass is 334 g/mol. The summed E-state index contributed by atoms with van der Waals surface area (Å²) in [5.41, 5.74) is 1.71. The van der Waals surface area contributed by atoms with Crippen molar-refractivity contribution in [3.63, 3.8) is 0 Å². The number of amides is 1. The maximum atomic E-state index is 12.7. The zero-order chi connectivity index (χ0) is 18.0. The second-order valence-electron chi connectivity index (χ2n) is 7.03. The second kappa shape index (κ2) is 6.55. The molecule has 0 bridgehead atoms. The van der Waals surface area contributed by atoms with Crippen molar-refractivity contribution in [2.24, 2.45) is 0 Å². The summed E-state index contributed by atoms with van der Waals surface area (Å²) in [6.07, 6.45) is 0. The van der Waals surface area contributed by atoms with Crippen LogP contribution in [-0.2, 0) is 0 Å². The summed E-state index contributed by atoms with van der Waals surface area (Å²) in [6, 6.07) is 17.1. The number of pyridine rings is 1. The van der Waals surface area contributed by atoms with Crippen LogP contribution in [0.2, 0.25) is 0 Å². The van der Waals surface area contributed by atoms with Crippen molar-refractivity contribution in [2.45, 2.75) is 33.3 Å². The van der Waals surface area contributed by atoms with Crippen LogP contribution in [0.15, 0.2) is 54.6 Å². The third-order valence-corrected chi connectivity index (χ3v) is 3.62. The fourth-order valence-electron chi connectivity index (χ4n) is 2.66. The lowest BCUT2D eigenvalue weighted by atomic mass is 10.1. The van der Waals surface area contributed by atoms with E-state index in [0.717, 1.165) is 22.2 Å². The van der Waals surface area contributed by atoms with Gasteiger partial charge >= 0.3 is 0 Å². The highest BCUT2D eigenvalue weighted by Crippen LogP contribution is 2.22. The Morgan fingerprint density at radius 1 is 1.04 bits per heavy atom. The minimum absolute atomic E-state index is 0.218. The lowest BCUT2D eigenvalue weighted by Crippen LogP contribution is -2.22. The topological polar surface area (TPSA) is 51.2 Å². The van der Waals surface area contributed by atoms with E-state index in [2.05, 4.69) is 10.3 Å². The largest absolute Gasteiger partial charge is 0.488 e. The quantitative estimate of drug-likeness (QED) is 0.735. The summed E-state index contributed by atoms with van der Waals surface area (Å²) in [5, 5.41) is 4.76. The highest BCUT2D eigenvalue weighted by atomic mass is 16.5. The van der Waals surface area contributed by atoms with E-state index in [1.165, 1.54) is 0 Å². The van der Waals surface area contributed by atoms with Gasteiger partial charge in [0.15, 0.2) is 0 Å². The number of aryl methyl sites for hydroxylation is 1. The Bertz CT molecular complexity index is 909. The van der Waals surface area contributed by atoms with Gasteiger partial charge in [0.25, 0.3) is 5.91 Å². The van der Waals surface area contributed by atoms with E-state index in [1.807, 2.05) is 82.3 Å². The number of carbonyl (C=O) groups is 1. The van der Waals surface area contributed by atoms with Crippen LogP contribution < -0.4 is 10.1 Å². The van der Waals surface area contributed by atoms with Gasteiger partial charge in [-0.1, -0.05) is 24.3 Å². The van der Waals surface area contributed by atoms with Crippen LogP contribution >= 0.6 is 0 Å². The van der Waals surface area contributed by atoms with E-state index in [-0.39, 0.29) is 11.5 Å². The number of hydrogen-bond acceptors (Lipinski definition) is 3. The predicted octanol–water partition coefficient (Wildman–Crippen LogP) is 4.97. The molecule has 128 valence electrons. The first kappa shape index (κ1) is 17.0. The summed E-state index contributed by atoms with van der Waals surface area (Å²) < 4.78 is 5.79. The molecule has 0 radical (unpaired) electrons. The molecule has 3 rings (SSSR count). The van der Waals surface area contributed by atoms with E-state index >= 15 is 0 Å². The molecule has 0 fully saturated rings. The first-order valence-electron chi connectivity index (χ1n) is 8.29. The highest BCUT2D eigenvalue weighted by Gasteiger charge is 2.14. The summed E-state index contributed by atoms with van der Waals surface area (Å²) >= 11 is 0. The van der Waals surface area contributed by atoms with Crippen molar-refractivity contribution < 1.29 is 9.53 Å². The number of carbonyl (C=O) groups excluding carboxylic acids is 1. The number of benzene rings is 2. The number of rotatable bonds is 3. The summed E-state index contributed by atoms with van der Waals surface area (Å²) in [6.45, 7) is 7.88. The summed E-state index contributed by atoms with van der Waals surface area (Å²) in [5.74, 6) is 0.550. The minimum Gasteiger partial charge on any atom is -0.488 e. The molecule has 1 heterocycles. The molecule has 0 saturated carbocycles. The SMILES string of the molecule is Cc1cc2ccccc2c(C(=O)Nc2ccc(OC(C)(C)C)cc2)n1. The zero-order valence-corrected chi connectivity index (χ0v) is 15.0. The molecule has 4 heteroatoms. The van der Waals surface area contributed by atoms with Crippen LogP contribution in [0.1, 0.15) is 37.0 Å². The van der Waals surface area contributed by atoms with Gasteiger partial charge in [0.1, 0.15) is 17.0 Å². The first-order chi connectivity index (χ1) is 11.8. The molecule has 2 aromatic carbocycles. The Hall–Kier alpha value is -2.88. The molecule has 1 N–H and O–H groups in total. The second-order valence-corrected chi connectivity index (χ2v) is 7.03. The van der Waals surface area contributed by atoms with Gasteiger partial charge in [-0.15, -0.1) is 0 Å². The van der Waals surface area contributed by atoms with Crippen LogP contribution in [0, 0.1) is 6.92 Å². The Morgan fingerprint density at radius 3 is 2.40 bits per heavy atom. The van der Waals surface area contributed by atoms with Crippen molar-refractivity contribution >= 4 is 22.4 Å². The number of nitrogens with zero attached hydrogens (tertiary/aromatic N) is 1. The van der Waals surface area contributed by atoms with Gasteiger partial charge in [0.2, 0.25) is 0 Å². The Kier molecular flexibility index (Phi) is 4.45. The van der Waals surface area contributed by atoms with Gasteiger partial charge in [-0.05, 0) is 63.4 Å². The zero-order valence-electron chi connectivity index (χ0n) is 15.0. The standard InChI is InChI=1S/C21H22N2O2/c1-14-13-15-7-5-6-8-18(15)19(22-14)20(24)23-16-9-11-17(12-10-16)25-21(2,3)4/h5-13H,1-4H3,(H,23,24). The lowest BCUT2D eigenvalue weighted by Gasteiger charge is -2.21. The number of anilines is 1. The molecule has 0 saturated heterocycles. The third-order valence-electron chi connectivity index (χ3n) is 3.62. The molecular formula is C21H22N2O2. The van der Waals surface area contributed by atoms with E-state index < -0.39 is 0 Å². The molecule has 1 amide bonds. The Labute approximate surface area is 147 Å². The molecule has 1 aromatic heterocycles. The molecule has 0 aliphatic carbocycles. The first-order valence-corrected chi connectivity index (χ1v) is 8.29. The fraction of sp³-hybridized carbons (Fsp3) is 0.238. The normalized spacial score (nSPS) is 11.4. The number of ether oxygens (including phenoxy) is 1. The van der Waals surface area contributed by atoms with E-state index in [9.17, 15) is 4.79 Å². The Balaban J connectivity index is 1.83. The molecular weight excluding hydrogens is 312 g/mol. The maximum absolute atomic E-state index is 12.7. The predicted molar refractivity (Wildman–Crippen MR) is 101 cm³/mol. The fourth-order valence-corrected chi connectivity index (χ4v) is 2.66. The average Bonchev–Trinajstić information content (AvgIpc) is 2.54. The number of aromatic nitrogens is 1. The van der Waals surface area contributed by atoms with Crippen molar-refractivity contribution in [3.05, 3.63) is 66.0 Å².